The van der Waals surface area contributed by atoms with E-state index < -0.39 is 0 Å². The molecule has 0 radical (unpaired) electrons. The van der Waals surface area contributed by atoms with Crippen molar-refractivity contribution < 1.29 is 0 Å². The van der Waals surface area contributed by atoms with Gasteiger partial charge in [-0.1, -0.05) is 77.8 Å². The van der Waals surface area contributed by atoms with Crippen LogP contribution in [0.4, 0.5) is 0 Å². The molecule has 0 aromatic heterocycles. The van der Waals surface area contributed by atoms with Crippen LogP contribution in [-0.4, -0.2) is 0 Å². The number of rotatable bonds is 3. The zero-order chi connectivity index (χ0) is 14.6. The second kappa shape index (κ2) is 11.9. The van der Waals surface area contributed by atoms with Crippen LogP contribution >= 0.6 is 0 Å². The summed E-state index contributed by atoms with van der Waals surface area (Å²) >= 11 is 0. The Morgan fingerprint density at radius 1 is 1.00 bits per heavy atom. The van der Waals surface area contributed by atoms with E-state index in [9.17, 15) is 0 Å². The molecule has 1 aliphatic carbocycles. The van der Waals surface area contributed by atoms with Crippen LogP contribution in [0, 0.1) is 0 Å². The molecular weight excluding hydrogens is 216 g/mol. The van der Waals surface area contributed by atoms with Crippen LogP contribution in [-0.2, 0) is 0 Å². The molecule has 0 aromatic rings. The summed E-state index contributed by atoms with van der Waals surface area (Å²) in [6.45, 7) is 21.5. The van der Waals surface area contributed by atoms with Crippen molar-refractivity contribution in [3.63, 3.8) is 0 Å². The Balaban J connectivity index is 0. The van der Waals surface area contributed by atoms with Crippen LogP contribution in [0.15, 0.2) is 72.4 Å². The lowest BCUT2D eigenvalue weighted by Gasteiger charge is -1.97. The summed E-state index contributed by atoms with van der Waals surface area (Å²) in [6, 6.07) is 0. The van der Waals surface area contributed by atoms with Gasteiger partial charge in [-0.3, -0.25) is 0 Å². The largest absolute Gasteiger partial charge is 0.0991 e. The van der Waals surface area contributed by atoms with Gasteiger partial charge >= 0.3 is 0 Å². The molecule has 1 rings (SSSR count). The smallest absolute Gasteiger partial charge is 0.00171 e. The molecule has 0 atom stereocenters. The Bertz CT molecular complexity index is 359. The molecule has 0 bridgehead atoms. The molecule has 0 amide bonds. The molecule has 0 saturated carbocycles. The van der Waals surface area contributed by atoms with E-state index in [4.69, 9.17) is 0 Å². The third kappa shape index (κ3) is 5.67. The van der Waals surface area contributed by atoms with Crippen molar-refractivity contribution >= 4 is 0 Å². The normalized spacial score (nSPS) is 16.1. The van der Waals surface area contributed by atoms with Crippen molar-refractivity contribution in [1.82, 2.24) is 0 Å². The Morgan fingerprint density at radius 2 is 1.56 bits per heavy atom. The monoisotopic (exact) mass is 244 g/mol. The van der Waals surface area contributed by atoms with Gasteiger partial charge in [-0.15, -0.1) is 0 Å². The van der Waals surface area contributed by atoms with E-state index >= 15 is 0 Å². The molecule has 0 N–H and O–H groups in total. The highest BCUT2D eigenvalue weighted by Crippen LogP contribution is 2.35. The molecule has 18 heavy (non-hydrogen) atoms. The fraction of sp³-hybridized carbons (Fsp3) is 0.333. The lowest BCUT2D eigenvalue weighted by molar-refractivity contribution is 1.25. The van der Waals surface area contributed by atoms with E-state index in [0.29, 0.717) is 0 Å². The minimum atomic E-state index is 0.959. The van der Waals surface area contributed by atoms with Crippen LogP contribution < -0.4 is 0 Å². The van der Waals surface area contributed by atoms with Gasteiger partial charge in [0.2, 0.25) is 0 Å². The first-order valence-electron chi connectivity index (χ1n) is 6.70. The van der Waals surface area contributed by atoms with Gasteiger partial charge in [0, 0.05) is 0 Å². The fourth-order valence-corrected chi connectivity index (χ4v) is 1.55. The molecule has 0 aliphatic heterocycles. The predicted molar refractivity (Wildman–Crippen MR) is 86.8 cm³/mol. The summed E-state index contributed by atoms with van der Waals surface area (Å²) in [4.78, 5) is 0. The molecule has 0 heteroatoms. The van der Waals surface area contributed by atoms with Crippen LogP contribution in [0.1, 0.15) is 41.0 Å². The Labute approximate surface area is 114 Å². The summed E-state index contributed by atoms with van der Waals surface area (Å²) in [7, 11) is 0. The highest BCUT2D eigenvalue weighted by Gasteiger charge is 2.16. The maximum absolute atomic E-state index is 4.06. The van der Waals surface area contributed by atoms with Crippen molar-refractivity contribution in [3.8, 4) is 0 Å². The molecule has 100 valence electrons. The number of hydrogen-bond acceptors (Lipinski definition) is 0. The predicted octanol–water partition coefficient (Wildman–Crippen LogP) is 6.17. The second-order valence-corrected chi connectivity index (χ2v) is 3.33. The van der Waals surface area contributed by atoms with Crippen molar-refractivity contribution in [2.24, 2.45) is 0 Å². The van der Waals surface area contributed by atoms with Gasteiger partial charge < -0.3 is 0 Å². The van der Waals surface area contributed by atoms with Crippen LogP contribution in [0.5, 0.6) is 0 Å². The minimum absolute atomic E-state index is 0.959. The van der Waals surface area contributed by atoms with E-state index in [1.54, 1.807) is 6.08 Å². The first-order valence-corrected chi connectivity index (χ1v) is 6.70. The average molecular weight is 244 g/mol. The molecule has 0 saturated heterocycles. The zero-order valence-electron chi connectivity index (χ0n) is 12.7. The van der Waals surface area contributed by atoms with E-state index in [2.05, 4.69) is 32.7 Å². The molecule has 0 spiro atoms. The summed E-state index contributed by atoms with van der Waals surface area (Å²) in [6.07, 6.45) is 10.6. The lowest BCUT2D eigenvalue weighted by atomic mass is 10.1. The summed E-state index contributed by atoms with van der Waals surface area (Å²) in [5, 5.41) is 0. The third-order valence-electron chi connectivity index (χ3n) is 2.46. The highest BCUT2D eigenvalue weighted by atomic mass is 14.2. The molecule has 1 aliphatic rings. The van der Waals surface area contributed by atoms with Gasteiger partial charge in [0.1, 0.15) is 0 Å². The maximum Gasteiger partial charge on any atom is -0.00171 e. The van der Waals surface area contributed by atoms with Gasteiger partial charge in [0.25, 0.3) is 0 Å². The lowest BCUT2D eigenvalue weighted by Crippen LogP contribution is -1.78. The Morgan fingerprint density at radius 3 is 2.00 bits per heavy atom. The molecule has 0 heterocycles. The first-order chi connectivity index (χ1) is 8.70. The van der Waals surface area contributed by atoms with Gasteiger partial charge in [-0.05, 0) is 35.6 Å². The van der Waals surface area contributed by atoms with E-state index in [-0.39, 0.29) is 0 Å². The molecule has 0 aromatic carbocycles. The fourth-order valence-electron chi connectivity index (χ4n) is 1.55. The molecule has 0 fully saturated rings. The topological polar surface area (TPSA) is 0 Å². The molecular formula is C18H28. The Kier molecular flexibility index (Phi) is 12.4. The molecule has 0 nitrogen and oxygen atoms in total. The van der Waals surface area contributed by atoms with E-state index in [1.807, 2.05) is 45.9 Å². The highest BCUT2D eigenvalue weighted by molar-refractivity contribution is 5.58. The van der Waals surface area contributed by atoms with Crippen molar-refractivity contribution in [3.05, 3.63) is 72.4 Å². The summed E-state index contributed by atoms with van der Waals surface area (Å²) in [5.74, 6) is 0. The van der Waals surface area contributed by atoms with E-state index in [0.717, 1.165) is 12.0 Å². The SMILES string of the molecule is C=C/C=C\C1=C(C)C(=C)/C(=C\C=C)C1.CC.CC. The average Bonchev–Trinajstić information content (AvgIpc) is 2.70. The quantitative estimate of drug-likeness (QED) is 0.521. The third-order valence-corrected chi connectivity index (χ3v) is 2.46. The zero-order valence-corrected chi connectivity index (χ0v) is 12.7. The van der Waals surface area contributed by atoms with Gasteiger partial charge in [0.15, 0.2) is 0 Å². The van der Waals surface area contributed by atoms with Crippen LogP contribution in [0.25, 0.3) is 0 Å². The van der Waals surface area contributed by atoms with E-state index in [1.165, 1.54) is 16.7 Å². The standard InChI is InChI=1S/C14H16.2C2H6/c1-5-7-9-14-10-13(8-6-2)11(3)12(14)4;2*1-2/h5-9H,1-3,10H2,4H3;2*1-2H3/b9-7-,13-8-;;. The van der Waals surface area contributed by atoms with Crippen LogP contribution in [0.3, 0.4) is 0 Å². The number of allylic oxidation sites excluding steroid dienone is 9. The van der Waals surface area contributed by atoms with Gasteiger partial charge in [0.05, 0.1) is 0 Å². The van der Waals surface area contributed by atoms with Crippen LogP contribution in [0.2, 0.25) is 0 Å². The maximum atomic E-state index is 4.06. The molecule has 0 unspecified atom stereocenters. The Hall–Kier alpha value is -1.56. The second-order valence-electron chi connectivity index (χ2n) is 3.33. The van der Waals surface area contributed by atoms with Gasteiger partial charge in [-0.25, -0.2) is 0 Å². The van der Waals surface area contributed by atoms with Crippen molar-refractivity contribution in [1.29, 1.82) is 0 Å². The van der Waals surface area contributed by atoms with Gasteiger partial charge in [-0.2, -0.15) is 0 Å². The summed E-state index contributed by atoms with van der Waals surface area (Å²) < 4.78 is 0. The number of hydrogen-bond donors (Lipinski definition) is 0. The minimum Gasteiger partial charge on any atom is -0.0991 e. The summed E-state index contributed by atoms with van der Waals surface area (Å²) in [5.41, 5.74) is 4.99. The van der Waals surface area contributed by atoms with Crippen molar-refractivity contribution in [2.75, 3.05) is 0 Å². The van der Waals surface area contributed by atoms with Crippen molar-refractivity contribution in [2.45, 2.75) is 41.0 Å². The first kappa shape index (κ1) is 18.8.